The van der Waals surface area contributed by atoms with Gasteiger partial charge in [0.1, 0.15) is 4.90 Å². The van der Waals surface area contributed by atoms with Crippen molar-refractivity contribution < 1.29 is 8.42 Å². The quantitative estimate of drug-likeness (QED) is 0.599. The number of nitrogens with one attached hydrogen (secondary N) is 2. The molecule has 0 spiro atoms. The summed E-state index contributed by atoms with van der Waals surface area (Å²) in [5.74, 6) is 0.869. The molecule has 3 aliphatic heterocycles. The monoisotopic (exact) mass is 470 g/mol. The average Bonchev–Trinajstić information content (AvgIpc) is 3.30. The minimum absolute atomic E-state index is 0.0916. The average molecular weight is 471 g/mol. The van der Waals surface area contributed by atoms with E-state index in [0.717, 1.165) is 50.1 Å². The Hall–Kier alpha value is -2.11. The Kier molecular flexibility index (Phi) is 6.13. The molecule has 0 aliphatic carbocycles. The molecule has 32 heavy (non-hydrogen) atoms. The molecule has 0 radical (unpaired) electrons. The van der Waals surface area contributed by atoms with Gasteiger partial charge in [-0.15, -0.1) is 16.9 Å². The molecule has 10 heteroatoms. The number of primary sulfonamides is 1. The lowest BCUT2D eigenvalue weighted by Gasteiger charge is -2.27. The van der Waals surface area contributed by atoms with E-state index in [1.807, 2.05) is 12.1 Å². The standard InChI is InChI=1S/C22H26N6O2S2/c23-32(29,30)21-19(31-17-11-25-12-17)6-5-18(20(21)22-26-13-27-28-22)16-3-1-14(2-4-16)15-7-9-24-10-8-15/h1-6,15,17,24-25H,7-13H2,(H2,23,29,30). The van der Waals surface area contributed by atoms with Gasteiger partial charge >= 0.3 is 0 Å². The highest BCUT2D eigenvalue weighted by molar-refractivity contribution is 8.00. The SMILES string of the molecule is NS(=O)(=O)c1c(SC2CNC2)ccc(-c2ccc(C3CCNCC3)cc2)c1C1=NCN=N1. The third-order valence-corrected chi connectivity index (χ3v) is 8.53. The largest absolute Gasteiger partial charge is 0.317 e. The van der Waals surface area contributed by atoms with Crippen LogP contribution in [0.2, 0.25) is 0 Å². The van der Waals surface area contributed by atoms with E-state index in [9.17, 15) is 8.42 Å². The molecule has 2 fully saturated rings. The summed E-state index contributed by atoms with van der Waals surface area (Å²) in [4.78, 5) is 5.07. The van der Waals surface area contributed by atoms with E-state index in [1.54, 1.807) is 0 Å². The van der Waals surface area contributed by atoms with Crippen molar-refractivity contribution in [3.63, 3.8) is 0 Å². The molecule has 168 valence electrons. The number of thioether (sulfide) groups is 1. The smallest absolute Gasteiger partial charge is 0.239 e. The summed E-state index contributed by atoms with van der Waals surface area (Å²) in [6.45, 7) is 3.94. The van der Waals surface area contributed by atoms with Crippen molar-refractivity contribution in [2.75, 3.05) is 32.8 Å². The molecule has 0 aromatic heterocycles. The molecule has 0 saturated carbocycles. The molecule has 5 rings (SSSR count). The molecule has 2 aromatic rings. The number of azo groups is 1. The number of nitrogens with two attached hydrogens (primary N) is 1. The van der Waals surface area contributed by atoms with Gasteiger partial charge < -0.3 is 10.6 Å². The van der Waals surface area contributed by atoms with Gasteiger partial charge in [-0.05, 0) is 54.6 Å². The molecule has 3 aliphatic rings. The maximum atomic E-state index is 12.8. The van der Waals surface area contributed by atoms with Gasteiger partial charge in [0.2, 0.25) is 10.0 Å². The van der Waals surface area contributed by atoms with Crippen LogP contribution in [0.25, 0.3) is 11.1 Å². The van der Waals surface area contributed by atoms with E-state index in [2.05, 4.69) is 50.1 Å². The first-order valence-corrected chi connectivity index (χ1v) is 13.2. The topological polar surface area (TPSA) is 121 Å². The summed E-state index contributed by atoms with van der Waals surface area (Å²) < 4.78 is 25.6. The molecular weight excluding hydrogens is 444 g/mol. The summed E-state index contributed by atoms with van der Waals surface area (Å²) in [6, 6.07) is 12.2. The van der Waals surface area contributed by atoms with Gasteiger partial charge in [0.05, 0.1) is 0 Å². The Balaban J connectivity index is 1.61. The van der Waals surface area contributed by atoms with Crippen LogP contribution >= 0.6 is 11.8 Å². The highest BCUT2D eigenvalue weighted by Gasteiger charge is 2.30. The van der Waals surface area contributed by atoms with Gasteiger partial charge in [0.25, 0.3) is 0 Å². The van der Waals surface area contributed by atoms with Crippen molar-refractivity contribution in [3.8, 4) is 11.1 Å². The second-order valence-corrected chi connectivity index (χ2v) is 11.1. The molecule has 4 N–H and O–H groups in total. The zero-order chi connectivity index (χ0) is 22.1. The highest BCUT2D eigenvalue weighted by atomic mass is 32.2. The Morgan fingerprint density at radius 1 is 1.00 bits per heavy atom. The van der Waals surface area contributed by atoms with E-state index in [4.69, 9.17) is 5.14 Å². The fourth-order valence-corrected chi connectivity index (χ4v) is 6.82. The molecular formula is C22H26N6O2S2. The molecule has 8 nitrogen and oxygen atoms in total. The van der Waals surface area contributed by atoms with Crippen molar-refractivity contribution >= 4 is 27.6 Å². The lowest BCUT2D eigenvalue weighted by Crippen LogP contribution is -2.44. The number of amidine groups is 1. The summed E-state index contributed by atoms with van der Waals surface area (Å²) in [5.41, 5.74) is 3.42. The molecule has 2 aromatic carbocycles. The van der Waals surface area contributed by atoms with Gasteiger partial charge in [0, 0.05) is 28.8 Å². The zero-order valence-electron chi connectivity index (χ0n) is 17.6. The van der Waals surface area contributed by atoms with E-state index in [0.29, 0.717) is 27.5 Å². The first kappa shape index (κ1) is 21.7. The zero-order valence-corrected chi connectivity index (χ0v) is 19.3. The fourth-order valence-electron chi connectivity index (χ4n) is 4.37. The van der Waals surface area contributed by atoms with E-state index in [1.165, 1.54) is 17.3 Å². The number of benzene rings is 2. The third-order valence-electron chi connectivity index (χ3n) is 6.15. The van der Waals surface area contributed by atoms with Gasteiger partial charge in [-0.3, -0.25) is 0 Å². The van der Waals surface area contributed by atoms with Crippen LogP contribution in [-0.4, -0.2) is 52.4 Å². The van der Waals surface area contributed by atoms with Gasteiger partial charge in [-0.1, -0.05) is 30.3 Å². The third kappa shape index (κ3) is 4.38. The Morgan fingerprint density at radius 2 is 1.75 bits per heavy atom. The van der Waals surface area contributed by atoms with Crippen LogP contribution in [0.3, 0.4) is 0 Å². The van der Waals surface area contributed by atoms with Crippen LogP contribution in [0.15, 0.2) is 61.4 Å². The Bertz CT molecular complexity index is 1170. The van der Waals surface area contributed by atoms with Crippen LogP contribution in [0, 0.1) is 0 Å². The summed E-state index contributed by atoms with van der Waals surface area (Å²) in [6.07, 6.45) is 2.25. The van der Waals surface area contributed by atoms with E-state index >= 15 is 0 Å². The van der Waals surface area contributed by atoms with Crippen molar-refractivity contribution in [2.45, 2.75) is 33.8 Å². The number of hydrogen-bond acceptors (Lipinski definition) is 8. The predicted octanol–water partition coefficient (Wildman–Crippen LogP) is 2.70. The van der Waals surface area contributed by atoms with Crippen LogP contribution in [0.1, 0.15) is 29.9 Å². The number of sulfonamides is 1. The number of piperidine rings is 1. The maximum absolute atomic E-state index is 12.8. The first-order chi connectivity index (χ1) is 15.5. The lowest BCUT2D eigenvalue weighted by atomic mass is 9.88. The molecule has 3 heterocycles. The number of rotatable bonds is 6. The predicted molar refractivity (Wildman–Crippen MR) is 127 cm³/mol. The Morgan fingerprint density at radius 3 is 2.34 bits per heavy atom. The normalized spacial score (nSPS) is 19.7. The van der Waals surface area contributed by atoms with E-state index < -0.39 is 10.0 Å². The number of hydrogen-bond donors (Lipinski definition) is 3. The van der Waals surface area contributed by atoms with E-state index in [-0.39, 0.29) is 11.6 Å². The fraction of sp³-hybridized carbons (Fsp3) is 0.409. The molecule has 0 bridgehead atoms. The minimum atomic E-state index is -4.02. The molecule has 2 saturated heterocycles. The van der Waals surface area contributed by atoms with Gasteiger partial charge in [-0.25, -0.2) is 18.5 Å². The molecule has 0 amide bonds. The first-order valence-electron chi connectivity index (χ1n) is 10.8. The van der Waals surface area contributed by atoms with Crippen molar-refractivity contribution in [2.24, 2.45) is 20.4 Å². The van der Waals surface area contributed by atoms with Crippen LogP contribution in [0.5, 0.6) is 0 Å². The molecule has 0 atom stereocenters. The summed E-state index contributed by atoms with van der Waals surface area (Å²) in [5, 5.41) is 20.8. The lowest BCUT2D eigenvalue weighted by molar-refractivity contribution is 0.460. The second-order valence-electron chi connectivity index (χ2n) is 8.27. The van der Waals surface area contributed by atoms with Crippen LogP contribution in [0.4, 0.5) is 0 Å². The van der Waals surface area contributed by atoms with Crippen molar-refractivity contribution in [1.29, 1.82) is 0 Å². The Labute approximate surface area is 192 Å². The number of nitrogens with zero attached hydrogens (tertiary/aromatic N) is 3. The number of aliphatic imine (C=N–C) groups is 1. The minimum Gasteiger partial charge on any atom is -0.317 e. The maximum Gasteiger partial charge on any atom is 0.239 e. The summed E-state index contributed by atoms with van der Waals surface area (Å²) >= 11 is 1.53. The van der Waals surface area contributed by atoms with Crippen LogP contribution < -0.4 is 15.8 Å². The van der Waals surface area contributed by atoms with Crippen molar-refractivity contribution in [1.82, 2.24) is 10.6 Å². The van der Waals surface area contributed by atoms with Gasteiger partial charge in [-0.2, -0.15) is 5.11 Å². The van der Waals surface area contributed by atoms with Crippen LogP contribution in [-0.2, 0) is 10.0 Å². The molecule has 0 unspecified atom stereocenters. The second kappa shape index (κ2) is 9.03. The van der Waals surface area contributed by atoms with Gasteiger partial charge in [0.15, 0.2) is 12.5 Å². The summed E-state index contributed by atoms with van der Waals surface area (Å²) in [7, 11) is -4.02. The highest BCUT2D eigenvalue weighted by Crippen LogP contribution is 2.39. The van der Waals surface area contributed by atoms with Crippen molar-refractivity contribution in [3.05, 3.63) is 47.5 Å².